The largest absolute Gasteiger partial charge is 0.374 e. The van der Waals surface area contributed by atoms with Gasteiger partial charge in [0.2, 0.25) is 0 Å². The van der Waals surface area contributed by atoms with Crippen LogP contribution in [0.25, 0.3) is 0 Å². The van der Waals surface area contributed by atoms with Crippen LogP contribution in [0.15, 0.2) is 18.2 Å². The molecule has 0 spiro atoms. The van der Waals surface area contributed by atoms with Gasteiger partial charge in [0.05, 0.1) is 22.2 Å². The van der Waals surface area contributed by atoms with E-state index < -0.39 is 0 Å². The number of aryl methyl sites for hydroxylation is 1. The fourth-order valence-electron chi connectivity index (χ4n) is 2.89. The molecule has 20 heavy (non-hydrogen) atoms. The number of anilines is 1. The van der Waals surface area contributed by atoms with Gasteiger partial charge in [-0.15, -0.1) is 0 Å². The maximum atomic E-state index is 11.2. The van der Waals surface area contributed by atoms with Crippen LogP contribution in [0.5, 0.6) is 0 Å². The zero-order valence-electron chi connectivity index (χ0n) is 12.7. The standard InChI is InChI=1S/C15H22N2O3/c1-10-6-7-11(12(8-10)17(18)19)16-13-9-14(2,3)20-15(13,4)5/h6-8,13,16H,9H2,1-5H3. The van der Waals surface area contributed by atoms with E-state index in [1.807, 2.05) is 40.7 Å². The first-order valence-corrected chi connectivity index (χ1v) is 6.82. The summed E-state index contributed by atoms with van der Waals surface area (Å²) in [4.78, 5) is 10.8. The van der Waals surface area contributed by atoms with Gasteiger partial charge in [-0.25, -0.2) is 0 Å². The predicted molar refractivity (Wildman–Crippen MR) is 79.1 cm³/mol. The second-order valence-electron chi connectivity index (χ2n) is 6.64. The number of nitrogens with zero attached hydrogens (tertiary/aromatic N) is 1. The molecular weight excluding hydrogens is 256 g/mol. The van der Waals surface area contributed by atoms with Gasteiger partial charge in [0.15, 0.2) is 0 Å². The van der Waals surface area contributed by atoms with E-state index in [2.05, 4.69) is 5.32 Å². The summed E-state index contributed by atoms with van der Waals surface area (Å²) in [7, 11) is 0. The van der Waals surface area contributed by atoms with E-state index in [-0.39, 0.29) is 27.9 Å². The minimum Gasteiger partial charge on any atom is -0.374 e. The third-order valence-corrected chi connectivity index (χ3v) is 3.75. The maximum Gasteiger partial charge on any atom is 0.292 e. The molecule has 1 unspecified atom stereocenters. The van der Waals surface area contributed by atoms with Gasteiger partial charge >= 0.3 is 0 Å². The Labute approximate surface area is 119 Å². The highest BCUT2D eigenvalue weighted by molar-refractivity contribution is 5.63. The van der Waals surface area contributed by atoms with Crippen molar-refractivity contribution in [1.82, 2.24) is 0 Å². The molecule has 2 rings (SSSR count). The minimum absolute atomic E-state index is 0.0407. The molecule has 1 aliphatic rings. The summed E-state index contributed by atoms with van der Waals surface area (Å²) in [5.74, 6) is 0. The van der Waals surface area contributed by atoms with E-state index in [1.54, 1.807) is 12.1 Å². The fraction of sp³-hybridized carbons (Fsp3) is 0.600. The van der Waals surface area contributed by atoms with Crippen molar-refractivity contribution in [3.8, 4) is 0 Å². The number of benzene rings is 1. The van der Waals surface area contributed by atoms with E-state index in [4.69, 9.17) is 4.74 Å². The molecule has 110 valence electrons. The number of ether oxygens (including phenoxy) is 1. The smallest absolute Gasteiger partial charge is 0.292 e. The van der Waals surface area contributed by atoms with Crippen LogP contribution in [0.1, 0.15) is 39.7 Å². The van der Waals surface area contributed by atoms with Crippen molar-refractivity contribution in [1.29, 1.82) is 0 Å². The van der Waals surface area contributed by atoms with Crippen molar-refractivity contribution in [3.63, 3.8) is 0 Å². The van der Waals surface area contributed by atoms with Gasteiger partial charge in [-0.2, -0.15) is 0 Å². The van der Waals surface area contributed by atoms with Crippen LogP contribution < -0.4 is 5.32 Å². The third kappa shape index (κ3) is 2.93. The number of nitro benzene ring substituents is 1. The molecule has 1 aromatic rings. The second kappa shape index (κ2) is 4.74. The molecule has 1 aromatic carbocycles. The number of rotatable bonds is 3. The summed E-state index contributed by atoms with van der Waals surface area (Å²) in [5, 5.41) is 14.5. The molecule has 0 amide bonds. The van der Waals surface area contributed by atoms with Crippen molar-refractivity contribution in [3.05, 3.63) is 33.9 Å². The predicted octanol–water partition coefficient (Wildman–Crippen LogP) is 3.66. The molecule has 5 heteroatoms. The molecular formula is C15H22N2O3. The number of hydrogen-bond donors (Lipinski definition) is 1. The highest BCUT2D eigenvalue weighted by Crippen LogP contribution is 2.40. The molecule has 0 bridgehead atoms. The number of nitrogens with one attached hydrogen (secondary N) is 1. The lowest BCUT2D eigenvalue weighted by atomic mass is 9.94. The van der Waals surface area contributed by atoms with E-state index in [1.165, 1.54) is 0 Å². The van der Waals surface area contributed by atoms with Gasteiger partial charge in [-0.3, -0.25) is 10.1 Å². The Morgan fingerprint density at radius 3 is 2.50 bits per heavy atom. The van der Waals surface area contributed by atoms with E-state index >= 15 is 0 Å². The van der Waals surface area contributed by atoms with Crippen LogP contribution in [0.4, 0.5) is 11.4 Å². The lowest BCUT2D eigenvalue weighted by molar-refractivity contribution is -0.384. The van der Waals surface area contributed by atoms with E-state index in [0.717, 1.165) is 12.0 Å². The second-order valence-corrected chi connectivity index (χ2v) is 6.64. The third-order valence-electron chi connectivity index (χ3n) is 3.75. The van der Waals surface area contributed by atoms with E-state index in [9.17, 15) is 10.1 Å². The van der Waals surface area contributed by atoms with E-state index in [0.29, 0.717) is 5.69 Å². The Morgan fingerprint density at radius 1 is 1.35 bits per heavy atom. The molecule has 1 heterocycles. The van der Waals surface area contributed by atoms with Crippen molar-refractivity contribution in [2.24, 2.45) is 0 Å². The molecule has 1 N–H and O–H groups in total. The van der Waals surface area contributed by atoms with Crippen LogP contribution in [0, 0.1) is 17.0 Å². The zero-order valence-corrected chi connectivity index (χ0v) is 12.7. The molecule has 0 aliphatic carbocycles. The first-order chi connectivity index (χ1) is 9.11. The van der Waals surface area contributed by atoms with Crippen molar-refractivity contribution in [2.75, 3.05) is 5.32 Å². The first kappa shape index (κ1) is 14.8. The Bertz CT molecular complexity index is 538. The van der Waals surface area contributed by atoms with Gasteiger partial charge in [-0.05, 0) is 52.7 Å². The zero-order chi connectivity index (χ0) is 15.1. The molecule has 1 fully saturated rings. The van der Waals surface area contributed by atoms with Gasteiger partial charge < -0.3 is 10.1 Å². The van der Waals surface area contributed by atoms with Gasteiger partial charge in [0.25, 0.3) is 5.69 Å². The maximum absolute atomic E-state index is 11.2. The Kier molecular flexibility index (Phi) is 3.50. The van der Waals surface area contributed by atoms with Crippen molar-refractivity contribution < 1.29 is 9.66 Å². The van der Waals surface area contributed by atoms with Gasteiger partial charge in [-0.1, -0.05) is 6.07 Å². The Balaban J connectivity index is 2.29. The highest BCUT2D eigenvalue weighted by atomic mass is 16.6. The molecule has 0 radical (unpaired) electrons. The molecule has 1 aliphatic heterocycles. The average molecular weight is 278 g/mol. The number of nitro groups is 1. The van der Waals surface area contributed by atoms with Crippen LogP contribution in [0.3, 0.4) is 0 Å². The monoisotopic (exact) mass is 278 g/mol. The normalized spacial score (nSPS) is 23.6. The molecule has 1 saturated heterocycles. The first-order valence-electron chi connectivity index (χ1n) is 6.82. The summed E-state index contributed by atoms with van der Waals surface area (Å²) >= 11 is 0. The summed E-state index contributed by atoms with van der Waals surface area (Å²) in [6.45, 7) is 9.96. The summed E-state index contributed by atoms with van der Waals surface area (Å²) in [6, 6.07) is 5.29. The van der Waals surface area contributed by atoms with Crippen LogP contribution >= 0.6 is 0 Å². The fourth-order valence-corrected chi connectivity index (χ4v) is 2.89. The minimum atomic E-state index is -0.359. The van der Waals surface area contributed by atoms with Crippen LogP contribution in [-0.4, -0.2) is 22.2 Å². The van der Waals surface area contributed by atoms with Gasteiger partial charge in [0.1, 0.15) is 5.69 Å². The SMILES string of the molecule is Cc1ccc(NC2CC(C)(C)OC2(C)C)c([N+](=O)[O-])c1. The molecule has 5 nitrogen and oxygen atoms in total. The summed E-state index contributed by atoms with van der Waals surface area (Å²) in [5.41, 5.74) is 0.970. The van der Waals surface area contributed by atoms with Crippen molar-refractivity contribution in [2.45, 2.75) is 58.3 Å². The van der Waals surface area contributed by atoms with Crippen molar-refractivity contribution >= 4 is 11.4 Å². The lowest BCUT2D eigenvalue weighted by Crippen LogP contribution is -2.38. The highest BCUT2D eigenvalue weighted by Gasteiger charge is 2.46. The van der Waals surface area contributed by atoms with Crippen LogP contribution in [-0.2, 0) is 4.74 Å². The average Bonchev–Trinajstić information content (AvgIpc) is 2.48. The molecule has 1 atom stereocenters. The summed E-state index contributed by atoms with van der Waals surface area (Å²) in [6.07, 6.45) is 0.811. The number of hydrogen-bond acceptors (Lipinski definition) is 4. The molecule has 0 aromatic heterocycles. The Hall–Kier alpha value is -1.62. The topological polar surface area (TPSA) is 64.4 Å². The molecule has 0 saturated carbocycles. The summed E-state index contributed by atoms with van der Waals surface area (Å²) < 4.78 is 6.01. The van der Waals surface area contributed by atoms with Crippen LogP contribution in [0.2, 0.25) is 0 Å². The quantitative estimate of drug-likeness (QED) is 0.677. The Morgan fingerprint density at radius 2 is 2.00 bits per heavy atom. The lowest BCUT2D eigenvalue weighted by Gasteiger charge is -2.28. The van der Waals surface area contributed by atoms with Gasteiger partial charge in [0, 0.05) is 6.07 Å².